The van der Waals surface area contributed by atoms with E-state index in [1.807, 2.05) is 13.8 Å². The standard InChI is InChI=1S/C23H29Cl2N3O4S/c1-6-21(23(30)26-4)27(13-18-19(24)8-7-9-20(18)25)22(29)14-28(33(5,31)32)17-11-10-15(2)16(3)12-17/h7-12,21H,6,13-14H2,1-5H3,(H,26,30)/t21-/m0/s1. The Bertz CT molecular complexity index is 1120. The molecule has 2 aromatic carbocycles. The van der Waals surface area contributed by atoms with Gasteiger partial charge in [0.25, 0.3) is 0 Å². The van der Waals surface area contributed by atoms with Crippen LogP contribution in [0.15, 0.2) is 36.4 Å². The smallest absolute Gasteiger partial charge is 0.244 e. The molecule has 2 amide bonds. The molecular weight excluding hydrogens is 485 g/mol. The molecule has 0 spiro atoms. The van der Waals surface area contributed by atoms with E-state index in [0.29, 0.717) is 27.7 Å². The third kappa shape index (κ3) is 6.62. The molecule has 10 heteroatoms. The first-order valence-corrected chi connectivity index (χ1v) is 13.0. The summed E-state index contributed by atoms with van der Waals surface area (Å²) in [5.41, 5.74) is 2.75. The highest BCUT2D eigenvalue weighted by Crippen LogP contribution is 2.28. The number of halogens is 2. The molecule has 7 nitrogen and oxygen atoms in total. The summed E-state index contributed by atoms with van der Waals surface area (Å²) in [7, 11) is -2.31. The fraction of sp³-hybridized carbons (Fsp3) is 0.391. The quantitative estimate of drug-likeness (QED) is 0.550. The molecule has 0 saturated heterocycles. The predicted molar refractivity (Wildman–Crippen MR) is 133 cm³/mol. The largest absolute Gasteiger partial charge is 0.357 e. The topological polar surface area (TPSA) is 86.8 Å². The lowest BCUT2D eigenvalue weighted by Crippen LogP contribution is -2.51. The zero-order chi connectivity index (χ0) is 24.9. The van der Waals surface area contributed by atoms with Crippen molar-refractivity contribution in [2.45, 2.75) is 39.8 Å². The molecule has 2 rings (SSSR count). The van der Waals surface area contributed by atoms with E-state index in [9.17, 15) is 18.0 Å². The van der Waals surface area contributed by atoms with Crippen molar-refractivity contribution in [3.63, 3.8) is 0 Å². The second-order valence-electron chi connectivity index (χ2n) is 7.80. The highest BCUT2D eigenvalue weighted by atomic mass is 35.5. The second kappa shape index (κ2) is 11.2. The number of amides is 2. The van der Waals surface area contributed by atoms with E-state index in [4.69, 9.17) is 23.2 Å². The number of anilines is 1. The summed E-state index contributed by atoms with van der Waals surface area (Å²) in [5.74, 6) is -0.920. The van der Waals surface area contributed by atoms with Gasteiger partial charge in [-0.2, -0.15) is 0 Å². The maximum Gasteiger partial charge on any atom is 0.244 e. The zero-order valence-corrected chi connectivity index (χ0v) is 21.7. The number of hydrogen-bond donors (Lipinski definition) is 1. The van der Waals surface area contributed by atoms with Crippen LogP contribution in [0.25, 0.3) is 0 Å². The Labute approximate surface area is 205 Å². The van der Waals surface area contributed by atoms with E-state index in [1.165, 1.54) is 11.9 Å². The molecule has 0 saturated carbocycles. The molecule has 0 heterocycles. The zero-order valence-electron chi connectivity index (χ0n) is 19.4. The lowest BCUT2D eigenvalue weighted by atomic mass is 10.1. The summed E-state index contributed by atoms with van der Waals surface area (Å²) < 4.78 is 26.3. The highest BCUT2D eigenvalue weighted by molar-refractivity contribution is 7.92. The maximum absolute atomic E-state index is 13.5. The molecule has 33 heavy (non-hydrogen) atoms. The van der Waals surface area contributed by atoms with Gasteiger partial charge in [0.2, 0.25) is 21.8 Å². The lowest BCUT2D eigenvalue weighted by Gasteiger charge is -2.33. The first-order valence-electron chi connectivity index (χ1n) is 10.4. The Kier molecular flexibility index (Phi) is 9.17. The van der Waals surface area contributed by atoms with Crippen molar-refractivity contribution in [2.24, 2.45) is 0 Å². The molecule has 0 aromatic heterocycles. The van der Waals surface area contributed by atoms with Crippen LogP contribution < -0.4 is 9.62 Å². The van der Waals surface area contributed by atoms with Crippen LogP contribution >= 0.6 is 23.2 Å². The lowest BCUT2D eigenvalue weighted by molar-refractivity contribution is -0.140. The van der Waals surface area contributed by atoms with Gasteiger partial charge in [0.05, 0.1) is 11.9 Å². The summed E-state index contributed by atoms with van der Waals surface area (Å²) in [6.45, 7) is 5.03. The average molecular weight is 514 g/mol. The van der Waals surface area contributed by atoms with E-state index < -0.39 is 28.5 Å². The van der Waals surface area contributed by atoms with E-state index >= 15 is 0 Å². The first-order chi connectivity index (χ1) is 15.4. The van der Waals surface area contributed by atoms with Gasteiger partial charge in [0.15, 0.2) is 0 Å². The monoisotopic (exact) mass is 513 g/mol. The van der Waals surface area contributed by atoms with Crippen molar-refractivity contribution < 1.29 is 18.0 Å². The van der Waals surface area contributed by atoms with Crippen LogP contribution in [0.2, 0.25) is 10.0 Å². The van der Waals surface area contributed by atoms with Crippen LogP contribution in [0.1, 0.15) is 30.0 Å². The number of hydrogen-bond acceptors (Lipinski definition) is 4. The fourth-order valence-corrected chi connectivity index (χ4v) is 4.79. The Hall–Kier alpha value is -2.29. The van der Waals surface area contributed by atoms with Gasteiger partial charge >= 0.3 is 0 Å². The van der Waals surface area contributed by atoms with Gasteiger partial charge in [0, 0.05) is 29.2 Å². The van der Waals surface area contributed by atoms with Gasteiger partial charge in [0.1, 0.15) is 12.6 Å². The van der Waals surface area contributed by atoms with Crippen molar-refractivity contribution in [3.8, 4) is 0 Å². The van der Waals surface area contributed by atoms with Gasteiger partial charge in [-0.1, -0.05) is 42.3 Å². The summed E-state index contributed by atoms with van der Waals surface area (Å²) in [6, 6.07) is 9.30. The minimum absolute atomic E-state index is 0.0478. The normalized spacial score (nSPS) is 12.2. The number of carbonyl (C=O) groups excluding carboxylic acids is 2. The molecule has 180 valence electrons. The van der Waals surface area contributed by atoms with Crippen molar-refractivity contribution in [2.75, 3.05) is 24.2 Å². The summed E-state index contributed by atoms with van der Waals surface area (Å²) in [4.78, 5) is 27.4. The number of aryl methyl sites for hydroxylation is 2. The molecule has 2 aromatic rings. The number of benzene rings is 2. The van der Waals surface area contributed by atoms with Crippen molar-refractivity contribution in [1.82, 2.24) is 10.2 Å². The molecule has 0 radical (unpaired) electrons. The van der Waals surface area contributed by atoms with Crippen molar-refractivity contribution >= 4 is 50.7 Å². The molecule has 0 aliphatic heterocycles. The van der Waals surface area contributed by atoms with Gasteiger partial charge in [-0.25, -0.2) is 8.42 Å². The molecule has 0 aliphatic rings. The molecule has 0 bridgehead atoms. The third-order valence-corrected chi connectivity index (χ3v) is 7.33. The predicted octanol–water partition coefficient (Wildman–Crippen LogP) is 3.93. The summed E-state index contributed by atoms with van der Waals surface area (Å²) in [5, 5.41) is 3.26. The van der Waals surface area contributed by atoms with E-state index in [0.717, 1.165) is 21.7 Å². The number of sulfonamides is 1. The molecule has 0 unspecified atom stereocenters. The van der Waals surface area contributed by atoms with Crippen LogP contribution in [0.4, 0.5) is 5.69 Å². The minimum Gasteiger partial charge on any atom is -0.357 e. The second-order valence-corrected chi connectivity index (χ2v) is 10.5. The van der Waals surface area contributed by atoms with Crippen LogP contribution in [-0.4, -0.2) is 51.0 Å². The third-order valence-electron chi connectivity index (χ3n) is 5.48. The fourth-order valence-electron chi connectivity index (χ4n) is 3.43. The van der Waals surface area contributed by atoms with E-state index in [-0.39, 0.29) is 12.5 Å². The molecule has 0 aliphatic carbocycles. The Morgan fingerprint density at radius 1 is 1.06 bits per heavy atom. The molecule has 1 N–H and O–H groups in total. The van der Waals surface area contributed by atoms with Gasteiger partial charge in [-0.15, -0.1) is 0 Å². The minimum atomic E-state index is -3.79. The van der Waals surface area contributed by atoms with Gasteiger partial charge < -0.3 is 10.2 Å². The van der Waals surface area contributed by atoms with Crippen LogP contribution in [0.5, 0.6) is 0 Å². The number of nitrogens with zero attached hydrogens (tertiary/aromatic N) is 2. The number of nitrogens with one attached hydrogen (secondary N) is 1. The molecular formula is C23H29Cl2N3O4S. The van der Waals surface area contributed by atoms with Crippen LogP contribution in [-0.2, 0) is 26.2 Å². The molecule has 1 atom stereocenters. The average Bonchev–Trinajstić information content (AvgIpc) is 2.74. The Morgan fingerprint density at radius 3 is 2.15 bits per heavy atom. The summed E-state index contributed by atoms with van der Waals surface area (Å²) in [6.07, 6.45) is 1.36. The van der Waals surface area contributed by atoms with Crippen LogP contribution in [0.3, 0.4) is 0 Å². The Balaban J connectivity index is 2.51. The highest BCUT2D eigenvalue weighted by Gasteiger charge is 2.32. The maximum atomic E-state index is 13.5. The van der Waals surface area contributed by atoms with Crippen molar-refractivity contribution in [3.05, 3.63) is 63.1 Å². The Morgan fingerprint density at radius 2 is 1.67 bits per heavy atom. The summed E-state index contributed by atoms with van der Waals surface area (Å²) >= 11 is 12.6. The van der Waals surface area contributed by atoms with E-state index in [1.54, 1.807) is 43.3 Å². The number of carbonyl (C=O) groups is 2. The number of likely N-dealkylation sites (N-methyl/N-ethyl adjacent to an activating group) is 1. The van der Waals surface area contributed by atoms with Crippen molar-refractivity contribution in [1.29, 1.82) is 0 Å². The van der Waals surface area contributed by atoms with E-state index in [2.05, 4.69) is 5.32 Å². The van der Waals surface area contributed by atoms with Gasteiger partial charge in [-0.05, 0) is 55.7 Å². The van der Waals surface area contributed by atoms with Gasteiger partial charge in [-0.3, -0.25) is 13.9 Å². The van der Waals surface area contributed by atoms with Crippen LogP contribution in [0, 0.1) is 13.8 Å². The molecule has 0 fully saturated rings. The first kappa shape index (κ1) is 27.0. The number of rotatable bonds is 9. The SMILES string of the molecule is CC[C@@H](C(=O)NC)N(Cc1c(Cl)cccc1Cl)C(=O)CN(c1ccc(C)c(C)c1)S(C)(=O)=O.